The summed E-state index contributed by atoms with van der Waals surface area (Å²) in [4.78, 5) is 29.6. The molecule has 6 nitrogen and oxygen atoms in total. The largest absolute Gasteiger partial charge is 0.493 e. The fourth-order valence-electron chi connectivity index (χ4n) is 4.78. The molecule has 0 radical (unpaired) electrons. The van der Waals surface area contributed by atoms with Gasteiger partial charge >= 0.3 is 12.0 Å². The number of para-hydroxylation sites is 1. The van der Waals surface area contributed by atoms with Crippen LogP contribution in [0.25, 0.3) is 5.57 Å². The Morgan fingerprint density at radius 2 is 1.82 bits per heavy atom. The molecule has 38 heavy (non-hydrogen) atoms. The number of unbranched alkanes of at least 4 members (excludes halogenated alkanes) is 6. The summed E-state index contributed by atoms with van der Waals surface area (Å²) in [5.41, 5.74) is 3.30. The van der Waals surface area contributed by atoms with E-state index in [1.165, 1.54) is 38.5 Å². The molecular weight excluding hydrogens is 476 g/mol. The van der Waals surface area contributed by atoms with Crippen LogP contribution < -0.4 is 10.1 Å². The first-order chi connectivity index (χ1) is 18.3. The molecule has 6 heteroatoms. The molecule has 0 saturated heterocycles. The van der Waals surface area contributed by atoms with E-state index < -0.39 is 24.0 Å². The van der Waals surface area contributed by atoms with E-state index >= 15 is 0 Å². The van der Waals surface area contributed by atoms with Crippen LogP contribution in [0.4, 0.5) is 4.79 Å². The zero-order chi connectivity index (χ0) is 27.9. The second-order valence-electron chi connectivity index (χ2n) is 9.98. The molecule has 1 aromatic carbocycles. The molecule has 2 amide bonds. The molecule has 2 unspecified atom stereocenters. The molecule has 1 heterocycles. The number of benzene rings is 1. The average molecular weight is 523 g/mol. The van der Waals surface area contributed by atoms with Crippen LogP contribution in [0.15, 0.2) is 54.1 Å². The van der Waals surface area contributed by atoms with Crippen molar-refractivity contribution in [3.05, 3.63) is 60.2 Å². The van der Waals surface area contributed by atoms with E-state index in [0.717, 1.165) is 29.5 Å². The van der Waals surface area contributed by atoms with Gasteiger partial charge in [0.25, 0.3) is 0 Å². The van der Waals surface area contributed by atoms with Crippen LogP contribution in [-0.2, 0) is 9.53 Å². The molecule has 0 aliphatic carbocycles. The number of carbonyl (C=O) groups is 2. The van der Waals surface area contributed by atoms with E-state index in [9.17, 15) is 9.59 Å². The van der Waals surface area contributed by atoms with Gasteiger partial charge in [0.15, 0.2) is 0 Å². The van der Waals surface area contributed by atoms with Crippen molar-refractivity contribution in [1.82, 2.24) is 5.32 Å². The summed E-state index contributed by atoms with van der Waals surface area (Å²) < 4.78 is 11.8. The quantitative estimate of drug-likeness (QED) is 0.135. The molecule has 2 rings (SSSR count). The number of carbonyl (C=O) groups excluding carboxylic acids is 2. The number of rotatable bonds is 16. The Morgan fingerprint density at radius 3 is 2.47 bits per heavy atom. The molecule has 1 aliphatic rings. The maximum absolute atomic E-state index is 13.1. The summed E-state index contributed by atoms with van der Waals surface area (Å²) in [5.74, 6) is -0.467. The fraction of sp³-hybridized carbons (Fsp3) is 0.531. The fourth-order valence-corrected chi connectivity index (χ4v) is 4.78. The van der Waals surface area contributed by atoms with Crippen LogP contribution in [0, 0.1) is 5.92 Å². The predicted octanol–water partition coefficient (Wildman–Crippen LogP) is 8.14. The Labute approximate surface area is 229 Å². The topological polar surface area (TPSA) is 77.0 Å². The van der Waals surface area contributed by atoms with Crippen molar-refractivity contribution in [3.63, 3.8) is 0 Å². The van der Waals surface area contributed by atoms with Crippen molar-refractivity contribution in [2.24, 2.45) is 10.9 Å². The van der Waals surface area contributed by atoms with Crippen molar-refractivity contribution in [2.45, 2.75) is 98.1 Å². The first-order valence-corrected chi connectivity index (χ1v) is 14.1. The molecule has 2 atom stereocenters. The second-order valence-corrected chi connectivity index (χ2v) is 9.98. The van der Waals surface area contributed by atoms with Crippen molar-refractivity contribution in [1.29, 1.82) is 0 Å². The van der Waals surface area contributed by atoms with Gasteiger partial charge in [-0.05, 0) is 46.1 Å². The highest BCUT2D eigenvalue weighted by molar-refractivity contribution is 6.08. The Bertz CT molecular complexity index is 1020. The average Bonchev–Trinajstić information content (AvgIpc) is 2.86. The zero-order valence-electron chi connectivity index (χ0n) is 23.9. The van der Waals surface area contributed by atoms with Crippen LogP contribution >= 0.6 is 0 Å². The molecule has 0 aromatic heterocycles. The van der Waals surface area contributed by atoms with Crippen molar-refractivity contribution < 1.29 is 19.1 Å². The van der Waals surface area contributed by atoms with Gasteiger partial charge in [-0.25, -0.2) is 9.79 Å². The number of nitrogens with zero attached hydrogens (tertiary/aromatic N) is 1. The van der Waals surface area contributed by atoms with Gasteiger partial charge in [0.1, 0.15) is 11.7 Å². The number of ether oxygens (including phenoxy) is 2. The molecule has 0 saturated carbocycles. The Morgan fingerprint density at radius 1 is 1.11 bits per heavy atom. The highest BCUT2D eigenvalue weighted by atomic mass is 16.5. The van der Waals surface area contributed by atoms with Crippen LogP contribution in [0.3, 0.4) is 0 Å². The number of urea groups is 1. The van der Waals surface area contributed by atoms with Crippen LogP contribution in [0.1, 0.15) is 103 Å². The summed E-state index contributed by atoms with van der Waals surface area (Å²) in [5, 5.41) is 2.91. The first kappa shape index (κ1) is 31.1. The van der Waals surface area contributed by atoms with E-state index in [1.807, 2.05) is 45.1 Å². The van der Waals surface area contributed by atoms with Crippen molar-refractivity contribution in [3.8, 4) is 5.75 Å². The first-order valence-electron chi connectivity index (χ1n) is 14.1. The minimum atomic E-state index is -0.735. The van der Waals surface area contributed by atoms with Crippen molar-refractivity contribution in [2.75, 3.05) is 6.61 Å². The van der Waals surface area contributed by atoms with Gasteiger partial charge in [-0.2, -0.15) is 0 Å². The number of hydrogen-bond acceptors (Lipinski definition) is 4. The Kier molecular flexibility index (Phi) is 13.6. The standard InChI is InChI=1S/C32H46N2O4/c1-7-10-12-13-14-15-17-20-25(19-16-11-8-2)26-21-18-22-27(30(26)37-9-3)29-28(31(35)38-23(4)5)24(6)33-32(36)34-29/h8,11,16,18-19,21-23,28-29H,2,7,9-10,12-15,17,20H2,1,3-6H3,(H,34,36). The minimum absolute atomic E-state index is 0.278. The smallest absolute Gasteiger partial charge is 0.341 e. The number of nitrogens with one attached hydrogen (secondary N) is 1. The van der Waals surface area contributed by atoms with Gasteiger partial charge in [0.05, 0.1) is 18.8 Å². The molecule has 1 aliphatic heterocycles. The molecule has 0 bridgehead atoms. The van der Waals surface area contributed by atoms with Crippen LogP contribution in [0.2, 0.25) is 0 Å². The van der Waals surface area contributed by atoms with Gasteiger partial charge < -0.3 is 14.8 Å². The Balaban J connectivity index is 2.45. The van der Waals surface area contributed by atoms with Gasteiger partial charge in [0, 0.05) is 16.8 Å². The van der Waals surface area contributed by atoms with E-state index in [1.54, 1.807) is 13.0 Å². The molecule has 1 aromatic rings. The summed E-state index contributed by atoms with van der Waals surface area (Å²) in [6, 6.07) is 4.81. The minimum Gasteiger partial charge on any atom is -0.493 e. The maximum atomic E-state index is 13.1. The monoisotopic (exact) mass is 522 g/mol. The molecule has 1 N–H and O–H groups in total. The van der Waals surface area contributed by atoms with Gasteiger partial charge in [0.2, 0.25) is 0 Å². The highest BCUT2D eigenvalue weighted by Crippen LogP contribution is 2.40. The SMILES string of the molecule is C=CC=CC=C(CCCCCCCCC)c1cccc(C2NC(=O)N=C(C)C2C(=O)OC(C)C)c1OCC. The highest BCUT2D eigenvalue weighted by Gasteiger charge is 2.40. The number of amides is 2. The van der Waals surface area contributed by atoms with Gasteiger partial charge in [-0.15, -0.1) is 0 Å². The lowest BCUT2D eigenvalue weighted by Gasteiger charge is -2.32. The third kappa shape index (κ3) is 9.30. The summed E-state index contributed by atoms with van der Waals surface area (Å²) in [6.45, 7) is 13.7. The maximum Gasteiger partial charge on any atom is 0.341 e. The van der Waals surface area contributed by atoms with E-state index in [-0.39, 0.29) is 6.10 Å². The third-order valence-corrected chi connectivity index (χ3v) is 6.56. The third-order valence-electron chi connectivity index (χ3n) is 6.56. The lowest BCUT2D eigenvalue weighted by molar-refractivity contribution is -0.150. The van der Waals surface area contributed by atoms with Crippen LogP contribution in [0.5, 0.6) is 5.75 Å². The summed E-state index contributed by atoms with van der Waals surface area (Å²) in [7, 11) is 0. The van der Waals surface area contributed by atoms with Crippen molar-refractivity contribution >= 4 is 23.3 Å². The summed E-state index contributed by atoms with van der Waals surface area (Å²) >= 11 is 0. The van der Waals surface area contributed by atoms with Gasteiger partial charge in [-0.3, -0.25) is 4.79 Å². The number of esters is 1. The van der Waals surface area contributed by atoms with E-state index in [2.05, 4.69) is 36.0 Å². The zero-order valence-corrected chi connectivity index (χ0v) is 23.9. The second kappa shape index (κ2) is 16.6. The lowest BCUT2D eigenvalue weighted by atomic mass is 9.85. The molecule has 208 valence electrons. The molecule has 0 spiro atoms. The summed E-state index contributed by atoms with van der Waals surface area (Å²) in [6.07, 6.45) is 17.0. The van der Waals surface area contributed by atoms with Crippen LogP contribution in [-0.4, -0.2) is 30.4 Å². The predicted molar refractivity (Wildman–Crippen MR) is 157 cm³/mol. The Hall–Kier alpha value is -3.15. The number of hydrogen-bond donors (Lipinski definition) is 1. The normalized spacial score (nSPS) is 17.9. The van der Waals surface area contributed by atoms with E-state index in [4.69, 9.17) is 9.47 Å². The molecule has 0 fully saturated rings. The lowest BCUT2D eigenvalue weighted by Crippen LogP contribution is -2.45. The number of allylic oxidation sites excluding steroid dienone is 5. The van der Waals surface area contributed by atoms with Gasteiger partial charge in [-0.1, -0.05) is 94.5 Å². The molecular formula is C32H46N2O4. The van der Waals surface area contributed by atoms with E-state index in [0.29, 0.717) is 18.1 Å². The number of aliphatic imine (C=N–C) groups is 1.